The van der Waals surface area contributed by atoms with E-state index in [0.717, 1.165) is 4.88 Å². The highest BCUT2D eigenvalue weighted by molar-refractivity contribution is 7.13. The summed E-state index contributed by atoms with van der Waals surface area (Å²) in [5.41, 5.74) is 2.43. The summed E-state index contributed by atoms with van der Waals surface area (Å²) in [5.74, 6) is -0.0653. The molecule has 13 heavy (non-hydrogen) atoms. The lowest BCUT2D eigenvalue weighted by Crippen LogP contribution is -2.15. The molecular weight excluding hydrogens is 184 g/mol. The monoisotopic (exact) mass is 196 g/mol. The third kappa shape index (κ3) is 3.38. The van der Waals surface area contributed by atoms with Crippen molar-refractivity contribution in [3.8, 4) is 0 Å². The van der Waals surface area contributed by atoms with Gasteiger partial charge in [-0.1, -0.05) is 6.92 Å². The second-order valence-electron chi connectivity index (χ2n) is 2.60. The molecule has 0 aliphatic rings. The van der Waals surface area contributed by atoms with E-state index in [1.54, 1.807) is 24.5 Å². The zero-order valence-electron chi connectivity index (χ0n) is 7.70. The standard InChI is InChI=1S/C9H12N2OS/c1-3-9(12)11-10-6-8-5-4-7(2)13-8/h4-6H,3H2,1-2H3,(H,11,12)/b10-6+. The molecule has 1 N–H and O–H groups in total. The maximum Gasteiger partial charge on any atom is 0.239 e. The van der Waals surface area contributed by atoms with Crippen LogP contribution in [0.4, 0.5) is 0 Å². The fourth-order valence-corrected chi connectivity index (χ4v) is 1.52. The third-order valence-corrected chi connectivity index (χ3v) is 2.40. The number of carbonyl (C=O) groups excluding carboxylic acids is 1. The minimum Gasteiger partial charge on any atom is -0.273 e. The fraction of sp³-hybridized carbons (Fsp3) is 0.333. The Bertz CT molecular complexity index is 317. The number of nitrogens with one attached hydrogen (secondary N) is 1. The first-order chi connectivity index (χ1) is 6.22. The van der Waals surface area contributed by atoms with E-state index in [-0.39, 0.29) is 5.91 Å². The lowest BCUT2D eigenvalue weighted by molar-refractivity contribution is -0.120. The van der Waals surface area contributed by atoms with Crippen LogP contribution in [-0.4, -0.2) is 12.1 Å². The summed E-state index contributed by atoms with van der Waals surface area (Å²) in [6.07, 6.45) is 2.12. The molecule has 0 spiro atoms. The van der Waals surface area contributed by atoms with Gasteiger partial charge in [-0.15, -0.1) is 11.3 Å². The van der Waals surface area contributed by atoms with Crippen molar-refractivity contribution in [1.82, 2.24) is 5.43 Å². The van der Waals surface area contributed by atoms with Crippen LogP contribution >= 0.6 is 11.3 Å². The van der Waals surface area contributed by atoms with Gasteiger partial charge in [0, 0.05) is 16.2 Å². The van der Waals surface area contributed by atoms with Crippen LogP contribution in [0.1, 0.15) is 23.1 Å². The Labute approximate surface area is 81.5 Å². The topological polar surface area (TPSA) is 41.5 Å². The van der Waals surface area contributed by atoms with Gasteiger partial charge in [0.1, 0.15) is 0 Å². The number of amides is 1. The quantitative estimate of drug-likeness (QED) is 0.582. The summed E-state index contributed by atoms with van der Waals surface area (Å²) in [6.45, 7) is 3.83. The van der Waals surface area contributed by atoms with E-state index >= 15 is 0 Å². The Morgan fingerprint density at radius 3 is 3.00 bits per heavy atom. The molecule has 4 heteroatoms. The predicted molar refractivity (Wildman–Crippen MR) is 55.1 cm³/mol. The number of nitrogens with zero attached hydrogens (tertiary/aromatic N) is 1. The van der Waals surface area contributed by atoms with Gasteiger partial charge in [0.05, 0.1) is 6.21 Å². The van der Waals surface area contributed by atoms with Crippen molar-refractivity contribution in [3.05, 3.63) is 21.9 Å². The van der Waals surface area contributed by atoms with Crippen LogP contribution in [0.3, 0.4) is 0 Å². The molecule has 1 aromatic rings. The van der Waals surface area contributed by atoms with Gasteiger partial charge in [-0.2, -0.15) is 5.10 Å². The van der Waals surface area contributed by atoms with Crippen LogP contribution in [0.2, 0.25) is 0 Å². The van der Waals surface area contributed by atoms with Gasteiger partial charge in [0.15, 0.2) is 0 Å². The highest BCUT2D eigenvalue weighted by atomic mass is 32.1. The van der Waals surface area contributed by atoms with Crippen molar-refractivity contribution >= 4 is 23.5 Å². The van der Waals surface area contributed by atoms with Crippen LogP contribution in [0.15, 0.2) is 17.2 Å². The summed E-state index contributed by atoms with van der Waals surface area (Å²) >= 11 is 1.65. The normalized spacial score (nSPS) is 10.6. The predicted octanol–water partition coefficient (Wildman–Crippen LogP) is 1.92. The Morgan fingerprint density at radius 2 is 2.46 bits per heavy atom. The SMILES string of the molecule is CCC(=O)N/N=C/c1ccc(C)s1. The Kier molecular flexibility index (Phi) is 3.64. The average molecular weight is 196 g/mol. The van der Waals surface area contributed by atoms with Crippen molar-refractivity contribution in [2.75, 3.05) is 0 Å². The molecule has 0 saturated heterocycles. The van der Waals surface area contributed by atoms with Gasteiger partial charge >= 0.3 is 0 Å². The first-order valence-corrected chi connectivity index (χ1v) is 4.92. The van der Waals surface area contributed by atoms with Gasteiger partial charge in [-0.3, -0.25) is 4.79 Å². The number of aryl methyl sites for hydroxylation is 1. The third-order valence-electron chi connectivity index (χ3n) is 1.46. The molecule has 1 amide bonds. The zero-order valence-corrected chi connectivity index (χ0v) is 8.52. The molecule has 0 radical (unpaired) electrons. The Hall–Kier alpha value is -1.16. The molecule has 0 aliphatic heterocycles. The van der Waals surface area contributed by atoms with Crippen LogP contribution in [-0.2, 0) is 4.79 Å². The number of hydrazone groups is 1. The molecule has 1 aromatic heterocycles. The molecular formula is C9H12N2OS. The van der Waals surface area contributed by atoms with E-state index in [1.807, 2.05) is 19.1 Å². The van der Waals surface area contributed by atoms with Gasteiger partial charge in [-0.25, -0.2) is 5.43 Å². The number of thiophene rings is 1. The molecule has 0 unspecified atom stereocenters. The van der Waals surface area contributed by atoms with Gasteiger partial charge in [-0.05, 0) is 19.1 Å². The highest BCUT2D eigenvalue weighted by Gasteiger charge is 1.93. The molecule has 0 aliphatic carbocycles. The van der Waals surface area contributed by atoms with Crippen LogP contribution < -0.4 is 5.43 Å². The smallest absolute Gasteiger partial charge is 0.239 e. The lowest BCUT2D eigenvalue weighted by atomic mass is 10.4. The maximum atomic E-state index is 10.8. The molecule has 0 saturated carbocycles. The molecule has 70 valence electrons. The summed E-state index contributed by atoms with van der Waals surface area (Å²) in [7, 11) is 0. The van der Waals surface area contributed by atoms with Crippen molar-refractivity contribution in [3.63, 3.8) is 0 Å². The number of hydrogen-bond acceptors (Lipinski definition) is 3. The summed E-state index contributed by atoms with van der Waals surface area (Å²) < 4.78 is 0. The Balaban J connectivity index is 2.45. The molecule has 0 fully saturated rings. The number of rotatable bonds is 3. The van der Waals surface area contributed by atoms with E-state index in [9.17, 15) is 4.79 Å². The summed E-state index contributed by atoms with van der Waals surface area (Å²) in [6, 6.07) is 4.00. The molecule has 0 bridgehead atoms. The molecule has 3 nitrogen and oxygen atoms in total. The van der Waals surface area contributed by atoms with Crippen LogP contribution in [0.25, 0.3) is 0 Å². The summed E-state index contributed by atoms with van der Waals surface area (Å²) in [4.78, 5) is 13.1. The minimum absolute atomic E-state index is 0.0653. The van der Waals surface area contributed by atoms with E-state index in [1.165, 1.54) is 4.88 Å². The maximum absolute atomic E-state index is 10.8. The van der Waals surface area contributed by atoms with Crippen molar-refractivity contribution in [2.45, 2.75) is 20.3 Å². The van der Waals surface area contributed by atoms with E-state index in [0.29, 0.717) is 6.42 Å². The van der Waals surface area contributed by atoms with Crippen molar-refractivity contribution in [1.29, 1.82) is 0 Å². The van der Waals surface area contributed by atoms with Crippen molar-refractivity contribution < 1.29 is 4.79 Å². The number of carbonyl (C=O) groups is 1. The first kappa shape index (κ1) is 9.92. The van der Waals surface area contributed by atoms with Crippen LogP contribution in [0.5, 0.6) is 0 Å². The molecule has 0 atom stereocenters. The van der Waals surface area contributed by atoms with Gasteiger partial charge in [0.25, 0.3) is 0 Å². The molecule has 1 heterocycles. The molecule has 0 aromatic carbocycles. The van der Waals surface area contributed by atoms with E-state index < -0.39 is 0 Å². The van der Waals surface area contributed by atoms with E-state index in [2.05, 4.69) is 10.5 Å². The first-order valence-electron chi connectivity index (χ1n) is 4.10. The van der Waals surface area contributed by atoms with Gasteiger partial charge in [0.2, 0.25) is 5.91 Å². The molecule has 1 rings (SSSR count). The largest absolute Gasteiger partial charge is 0.273 e. The van der Waals surface area contributed by atoms with Crippen molar-refractivity contribution in [2.24, 2.45) is 5.10 Å². The lowest BCUT2D eigenvalue weighted by Gasteiger charge is -1.91. The summed E-state index contributed by atoms with van der Waals surface area (Å²) in [5, 5.41) is 3.81. The van der Waals surface area contributed by atoms with Gasteiger partial charge < -0.3 is 0 Å². The minimum atomic E-state index is -0.0653. The second kappa shape index (κ2) is 4.77. The fourth-order valence-electron chi connectivity index (χ4n) is 0.770. The number of hydrogen-bond donors (Lipinski definition) is 1. The zero-order chi connectivity index (χ0) is 9.68. The van der Waals surface area contributed by atoms with E-state index in [4.69, 9.17) is 0 Å². The second-order valence-corrected chi connectivity index (χ2v) is 3.91. The highest BCUT2D eigenvalue weighted by Crippen LogP contribution is 2.12. The van der Waals surface area contributed by atoms with Crippen LogP contribution in [0, 0.1) is 6.92 Å². The Morgan fingerprint density at radius 1 is 1.69 bits per heavy atom. The average Bonchev–Trinajstić information content (AvgIpc) is 2.51.